The molecule has 0 amide bonds. The average Bonchev–Trinajstić information content (AvgIpc) is 3.17. The number of methoxy groups -OCH3 is 3. The van der Waals surface area contributed by atoms with Crippen LogP contribution in [0.25, 0.3) is 0 Å². The van der Waals surface area contributed by atoms with Crippen LogP contribution >= 0.6 is 12.4 Å². The van der Waals surface area contributed by atoms with Gasteiger partial charge in [0.15, 0.2) is 29.3 Å². The highest BCUT2D eigenvalue weighted by molar-refractivity contribution is 5.85. The van der Waals surface area contributed by atoms with Crippen molar-refractivity contribution in [1.82, 2.24) is 4.90 Å². The summed E-state index contributed by atoms with van der Waals surface area (Å²) in [5.74, 6) is 2.99. The summed E-state index contributed by atoms with van der Waals surface area (Å²) in [4.78, 5) is 2.22. The molecule has 0 aliphatic carbocycles. The smallest absolute Gasteiger partial charge is 0.231 e. The lowest BCUT2D eigenvalue weighted by molar-refractivity contribution is -0.175. The van der Waals surface area contributed by atoms with E-state index < -0.39 is 12.4 Å². The number of benzene rings is 2. The van der Waals surface area contributed by atoms with E-state index in [0.29, 0.717) is 28.6 Å². The predicted octanol–water partition coefficient (Wildman–Crippen LogP) is 3.15. The van der Waals surface area contributed by atoms with Crippen molar-refractivity contribution < 1.29 is 33.5 Å². The lowest BCUT2D eigenvalue weighted by Gasteiger charge is -2.41. The molecule has 2 aromatic carbocycles. The third kappa shape index (κ3) is 3.25. The van der Waals surface area contributed by atoms with Crippen molar-refractivity contribution >= 4 is 12.4 Å². The molecule has 8 nitrogen and oxygen atoms in total. The van der Waals surface area contributed by atoms with Crippen LogP contribution in [0.1, 0.15) is 40.7 Å². The number of likely N-dealkylation sites (N-methyl/N-ethyl adjacent to an activating group) is 1. The Morgan fingerprint density at radius 2 is 1.68 bits per heavy atom. The molecule has 3 aliphatic heterocycles. The van der Waals surface area contributed by atoms with Crippen molar-refractivity contribution in [2.75, 3.05) is 41.7 Å². The summed E-state index contributed by atoms with van der Waals surface area (Å²) in [7, 11) is 6.77. The maximum absolute atomic E-state index is 11.1. The zero-order valence-electron chi connectivity index (χ0n) is 17.8. The van der Waals surface area contributed by atoms with Gasteiger partial charge in [0.05, 0.1) is 32.9 Å². The SMILES string of the molecule is COc1cc(OC)c2c(c1OC)[C@H](O)OC1c3cc4c(cc3CCN(C)[C@H]21)OCO4.Cl. The Morgan fingerprint density at radius 1 is 0.968 bits per heavy atom. The standard InChI is InChI=1S/C22H25NO7.ClH/c1-23-6-5-11-7-13-14(29-10-28-13)8-12(11)20-19(23)17-15(25-2)9-16(26-3)21(27-4)18(17)22(24)30-20;/h7-9,19-20,22,24H,5-6,10H2,1-4H3;1H/t19-,20?,22-;/m1./s1. The summed E-state index contributed by atoms with van der Waals surface area (Å²) in [5, 5.41) is 11.1. The Bertz CT molecular complexity index is 999. The molecule has 1 unspecified atom stereocenters. The summed E-state index contributed by atoms with van der Waals surface area (Å²) < 4.78 is 34.2. The van der Waals surface area contributed by atoms with Crippen molar-refractivity contribution in [3.05, 3.63) is 40.5 Å². The van der Waals surface area contributed by atoms with E-state index in [0.717, 1.165) is 35.4 Å². The molecule has 31 heavy (non-hydrogen) atoms. The van der Waals surface area contributed by atoms with Crippen LogP contribution in [0.4, 0.5) is 0 Å². The van der Waals surface area contributed by atoms with E-state index in [1.807, 2.05) is 19.2 Å². The molecular formula is C22H26ClNO7. The number of nitrogens with zero attached hydrogens (tertiary/aromatic N) is 1. The molecule has 9 heteroatoms. The second kappa shape index (κ2) is 8.27. The van der Waals surface area contributed by atoms with Gasteiger partial charge in [0.1, 0.15) is 11.9 Å². The molecule has 0 fully saturated rings. The maximum atomic E-state index is 11.1. The molecule has 1 N–H and O–H groups in total. The molecule has 2 aromatic rings. The van der Waals surface area contributed by atoms with Crippen LogP contribution in [0.5, 0.6) is 28.7 Å². The van der Waals surface area contributed by atoms with Gasteiger partial charge in [-0.05, 0) is 36.7 Å². The summed E-state index contributed by atoms with van der Waals surface area (Å²) in [6.45, 7) is 1.01. The van der Waals surface area contributed by atoms with E-state index in [-0.39, 0.29) is 25.2 Å². The third-order valence-electron chi connectivity index (χ3n) is 6.18. The van der Waals surface area contributed by atoms with Gasteiger partial charge >= 0.3 is 0 Å². The summed E-state index contributed by atoms with van der Waals surface area (Å²) in [5.41, 5.74) is 3.47. The number of hydrogen-bond donors (Lipinski definition) is 1. The van der Waals surface area contributed by atoms with Gasteiger partial charge in [-0.3, -0.25) is 4.90 Å². The topological polar surface area (TPSA) is 78.9 Å². The molecule has 3 heterocycles. The third-order valence-corrected chi connectivity index (χ3v) is 6.18. The van der Waals surface area contributed by atoms with Crippen LogP contribution in [0.2, 0.25) is 0 Å². The predicted molar refractivity (Wildman–Crippen MR) is 114 cm³/mol. The molecule has 0 aromatic heterocycles. The second-order valence-corrected chi connectivity index (χ2v) is 7.63. The van der Waals surface area contributed by atoms with Gasteiger partial charge in [0.2, 0.25) is 6.79 Å². The zero-order chi connectivity index (χ0) is 21.0. The van der Waals surface area contributed by atoms with Gasteiger partial charge in [-0.2, -0.15) is 0 Å². The summed E-state index contributed by atoms with van der Waals surface area (Å²) >= 11 is 0. The fourth-order valence-electron chi connectivity index (χ4n) is 4.78. The molecule has 0 radical (unpaired) electrons. The van der Waals surface area contributed by atoms with Crippen LogP contribution in [-0.2, 0) is 11.2 Å². The van der Waals surface area contributed by atoms with Crippen LogP contribution in [0.3, 0.4) is 0 Å². The van der Waals surface area contributed by atoms with Crippen molar-refractivity contribution in [1.29, 1.82) is 0 Å². The molecule has 5 rings (SSSR count). The minimum absolute atomic E-state index is 0. The van der Waals surface area contributed by atoms with Crippen molar-refractivity contribution in [3.8, 4) is 28.7 Å². The highest BCUT2D eigenvalue weighted by Gasteiger charge is 2.45. The highest BCUT2D eigenvalue weighted by atomic mass is 35.5. The van der Waals surface area contributed by atoms with Crippen LogP contribution in [-0.4, -0.2) is 51.7 Å². The first-order valence-corrected chi connectivity index (χ1v) is 9.86. The Hall–Kier alpha value is -2.39. The first-order chi connectivity index (χ1) is 14.6. The normalized spacial score (nSPS) is 23.6. The Kier molecular flexibility index (Phi) is 5.83. The largest absolute Gasteiger partial charge is 0.496 e. The van der Waals surface area contributed by atoms with Crippen molar-refractivity contribution in [3.63, 3.8) is 0 Å². The lowest BCUT2D eigenvalue weighted by atomic mass is 9.86. The van der Waals surface area contributed by atoms with Gasteiger partial charge in [0.25, 0.3) is 0 Å². The number of aliphatic hydroxyl groups excluding tert-OH is 1. The van der Waals surface area contributed by atoms with Gasteiger partial charge in [0, 0.05) is 18.2 Å². The Labute approximate surface area is 187 Å². The molecule has 0 spiro atoms. The number of fused-ring (bicyclic) bond motifs is 6. The van der Waals surface area contributed by atoms with Gasteiger partial charge in [-0.15, -0.1) is 12.4 Å². The Morgan fingerprint density at radius 3 is 2.35 bits per heavy atom. The van der Waals surface area contributed by atoms with E-state index in [2.05, 4.69) is 4.90 Å². The fourth-order valence-corrected chi connectivity index (χ4v) is 4.78. The molecule has 3 aliphatic rings. The maximum Gasteiger partial charge on any atom is 0.231 e. The van der Waals surface area contributed by atoms with E-state index in [1.165, 1.54) is 0 Å². The number of hydrogen-bond acceptors (Lipinski definition) is 8. The zero-order valence-corrected chi connectivity index (χ0v) is 18.7. The van der Waals surface area contributed by atoms with Crippen molar-refractivity contribution in [2.45, 2.75) is 24.9 Å². The number of halogens is 1. The second-order valence-electron chi connectivity index (χ2n) is 7.63. The number of aliphatic hydroxyl groups is 1. The molecule has 0 saturated heterocycles. The Balaban J connectivity index is 0.00000231. The molecule has 3 atom stereocenters. The minimum atomic E-state index is -1.20. The van der Waals surface area contributed by atoms with E-state index in [4.69, 9.17) is 28.4 Å². The average molecular weight is 452 g/mol. The van der Waals surface area contributed by atoms with Crippen LogP contribution < -0.4 is 23.7 Å². The molecule has 0 bridgehead atoms. The quantitative estimate of drug-likeness (QED) is 0.762. The summed E-state index contributed by atoms with van der Waals surface area (Å²) in [6.07, 6.45) is -0.804. The first kappa shape index (κ1) is 21.8. The fraction of sp³-hybridized carbons (Fsp3) is 0.455. The summed E-state index contributed by atoms with van der Waals surface area (Å²) in [6, 6.07) is 5.59. The van der Waals surface area contributed by atoms with Crippen molar-refractivity contribution in [2.24, 2.45) is 0 Å². The highest BCUT2D eigenvalue weighted by Crippen LogP contribution is 2.56. The molecular weight excluding hydrogens is 426 g/mol. The number of rotatable bonds is 3. The lowest BCUT2D eigenvalue weighted by Crippen LogP contribution is -2.35. The van der Waals surface area contributed by atoms with Crippen LogP contribution in [0.15, 0.2) is 18.2 Å². The van der Waals surface area contributed by atoms with E-state index in [9.17, 15) is 5.11 Å². The molecule has 168 valence electrons. The van der Waals surface area contributed by atoms with Crippen LogP contribution in [0, 0.1) is 0 Å². The van der Waals surface area contributed by atoms with Gasteiger partial charge in [-0.25, -0.2) is 0 Å². The minimum Gasteiger partial charge on any atom is -0.496 e. The molecule has 0 saturated carbocycles. The number of ether oxygens (including phenoxy) is 6. The van der Waals surface area contributed by atoms with E-state index >= 15 is 0 Å². The first-order valence-electron chi connectivity index (χ1n) is 9.86. The van der Waals surface area contributed by atoms with Gasteiger partial charge in [-0.1, -0.05) is 0 Å². The monoisotopic (exact) mass is 451 g/mol. The van der Waals surface area contributed by atoms with Gasteiger partial charge < -0.3 is 33.5 Å². The van der Waals surface area contributed by atoms with E-state index in [1.54, 1.807) is 27.4 Å².